The third-order valence-electron chi connectivity index (χ3n) is 2.12. The van der Waals surface area contributed by atoms with Crippen LogP contribution in [-0.4, -0.2) is 16.1 Å². The van der Waals surface area contributed by atoms with Gasteiger partial charge in [0, 0.05) is 11.8 Å². The lowest BCUT2D eigenvalue weighted by Crippen LogP contribution is -1.91. The Kier molecular flexibility index (Phi) is 2.44. The van der Waals surface area contributed by atoms with E-state index in [2.05, 4.69) is 4.98 Å². The number of aromatic nitrogens is 1. The maximum absolute atomic E-state index is 12.6. The van der Waals surface area contributed by atoms with Crippen molar-refractivity contribution in [2.45, 2.75) is 6.92 Å². The van der Waals surface area contributed by atoms with Crippen molar-refractivity contribution in [2.24, 2.45) is 0 Å². The summed E-state index contributed by atoms with van der Waals surface area (Å²) in [5.41, 5.74) is 1.22. The third-order valence-corrected chi connectivity index (χ3v) is 2.12. The maximum Gasteiger partial charge on any atom is 0.371 e. The molecule has 0 saturated carbocycles. The van der Waals surface area contributed by atoms with E-state index in [1.807, 2.05) is 0 Å². The number of aromatic carboxylic acids is 1. The van der Waals surface area contributed by atoms with Crippen LogP contribution in [0.2, 0.25) is 0 Å². The van der Waals surface area contributed by atoms with Gasteiger partial charge in [0.25, 0.3) is 0 Å². The summed E-state index contributed by atoms with van der Waals surface area (Å²) in [4.78, 5) is 14.2. The van der Waals surface area contributed by atoms with Gasteiger partial charge in [-0.25, -0.2) is 9.78 Å². The van der Waals surface area contributed by atoms with Crippen LogP contribution in [0.5, 0.6) is 0 Å². The number of hydrogen-bond donors (Lipinski definition) is 1. The molecule has 0 bridgehead atoms. The number of furan rings is 1. The van der Waals surface area contributed by atoms with E-state index in [-0.39, 0.29) is 5.76 Å². The molecule has 0 spiro atoms. The zero-order valence-electron chi connectivity index (χ0n) is 8.40. The molecule has 16 heavy (non-hydrogen) atoms. The van der Waals surface area contributed by atoms with Crippen molar-refractivity contribution >= 4 is 5.97 Å². The van der Waals surface area contributed by atoms with Gasteiger partial charge in [-0.1, -0.05) is 0 Å². The minimum atomic E-state index is -1.13. The van der Waals surface area contributed by atoms with E-state index in [1.54, 1.807) is 6.92 Å². The quantitative estimate of drug-likeness (QED) is 0.791. The number of hydrogen-bond acceptors (Lipinski definition) is 3. The van der Waals surface area contributed by atoms with Crippen molar-refractivity contribution in [1.82, 2.24) is 4.98 Å². The van der Waals surface area contributed by atoms with E-state index in [1.165, 1.54) is 24.4 Å². The zero-order chi connectivity index (χ0) is 11.7. The number of carbonyl (C=O) groups is 1. The first-order chi connectivity index (χ1) is 7.58. The Labute approximate surface area is 90.4 Å². The maximum atomic E-state index is 12.6. The summed E-state index contributed by atoms with van der Waals surface area (Å²) in [5, 5.41) is 8.74. The number of pyridine rings is 1. The van der Waals surface area contributed by atoms with Gasteiger partial charge in [0.2, 0.25) is 11.7 Å². The summed E-state index contributed by atoms with van der Waals surface area (Å²) in [6.07, 6.45) is 1.30. The molecule has 0 aliphatic rings. The Morgan fingerprint density at radius 1 is 1.50 bits per heavy atom. The molecule has 0 atom stereocenters. The summed E-state index contributed by atoms with van der Waals surface area (Å²) in [6.45, 7) is 1.72. The van der Waals surface area contributed by atoms with Crippen molar-refractivity contribution in [1.29, 1.82) is 0 Å². The molecule has 0 unspecified atom stereocenters. The molecular formula is C11H8FNO3. The van der Waals surface area contributed by atoms with Crippen LogP contribution in [0, 0.1) is 12.9 Å². The second kappa shape index (κ2) is 3.77. The van der Waals surface area contributed by atoms with Gasteiger partial charge in [-0.15, -0.1) is 0 Å². The fourth-order valence-corrected chi connectivity index (χ4v) is 1.38. The molecule has 0 amide bonds. The minimum Gasteiger partial charge on any atom is -0.475 e. The van der Waals surface area contributed by atoms with Crippen LogP contribution in [-0.2, 0) is 0 Å². The van der Waals surface area contributed by atoms with Crippen molar-refractivity contribution < 1.29 is 18.7 Å². The molecule has 0 radical (unpaired) electrons. The minimum absolute atomic E-state index is 0.142. The van der Waals surface area contributed by atoms with Crippen LogP contribution in [0.1, 0.15) is 16.1 Å². The number of carboxylic acids is 1. The lowest BCUT2D eigenvalue weighted by Gasteiger charge is -1.97. The average Bonchev–Trinajstić information content (AvgIpc) is 2.62. The second-order valence-electron chi connectivity index (χ2n) is 3.30. The predicted molar refractivity (Wildman–Crippen MR) is 53.6 cm³/mol. The molecule has 4 nitrogen and oxygen atoms in total. The van der Waals surface area contributed by atoms with Gasteiger partial charge in [-0.3, -0.25) is 0 Å². The number of carboxylic acid groups (broad SMARTS) is 1. The van der Waals surface area contributed by atoms with Crippen LogP contribution in [0.4, 0.5) is 4.39 Å². The van der Waals surface area contributed by atoms with E-state index in [4.69, 9.17) is 9.52 Å². The van der Waals surface area contributed by atoms with Crippen molar-refractivity contribution in [2.75, 3.05) is 0 Å². The van der Waals surface area contributed by atoms with Crippen LogP contribution < -0.4 is 0 Å². The first-order valence-corrected chi connectivity index (χ1v) is 4.53. The smallest absolute Gasteiger partial charge is 0.371 e. The number of rotatable bonds is 2. The standard InChI is InChI=1S/C11H8FNO3/c1-6-4-8(11(14)15)16-10(6)7-2-3-9(12)13-5-7/h2-5H,1H3,(H,14,15). The Hall–Kier alpha value is -2.17. The Bertz CT molecular complexity index is 531. The summed E-state index contributed by atoms with van der Waals surface area (Å²) in [6, 6.07) is 4.10. The molecule has 2 rings (SSSR count). The number of halogens is 1. The average molecular weight is 221 g/mol. The van der Waals surface area contributed by atoms with Crippen LogP contribution in [0.15, 0.2) is 28.8 Å². The van der Waals surface area contributed by atoms with Gasteiger partial charge in [-0.05, 0) is 30.7 Å². The summed E-state index contributed by atoms with van der Waals surface area (Å²) >= 11 is 0. The van der Waals surface area contributed by atoms with Crippen molar-refractivity contribution in [3.05, 3.63) is 41.7 Å². The van der Waals surface area contributed by atoms with E-state index in [9.17, 15) is 9.18 Å². The normalized spacial score (nSPS) is 10.4. The summed E-state index contributed by atoms with van der Waals surface area (Å²) < 4.78 is 17.7. The van der Waals surface area contributed by atoms with Gasteiger partial charge < -0.3 is 9.52 Å². The van der Waals surface area contributed by atoms with Crippen LogP contribution >= 0.6 is 0 Å². The zero-order valence-corrected chi connectivity index (χ0v) is 8.40. The van der Waals surface area contributed by atoms with Crippen LogP contribution in [0.3, 0.4) is 0 Å². The van der Waals surface area contributed by atoms with Gasteiger partial charge in [0.05, 0.1) is 0 Å². The molecule has 0 saturated heterocycles. The molecule has 0 aromatic carbocycles. The SMILES string of the molecule is Cc1cc(C(=O)O)oc1-c1ccc(F)nc1. The van der Waals surface area contributed by atoms with E-state index in [0.717, 1.165) is 0 Å². The topological polar surface area (TPSA) is 63.3 Å². The Morgan fingerprint density at radius 2 is 2.25 bits per heavy atom. The molecule has 1 N–H and O–H groups in total. The third kappa shape index (κ3) is 1.79. The highest BCUT2D eigenvalue weighted by Gasteiger charge is 2.14. The monoisotopic (exact) mass is 221 g/mol. The van der Waals surface area contributed by atoms with E-state index >= 15 is 0 Å². The highest BCUT2D eigenvalue weighted by atomic mass is 19.1. The highest BCUT2D eigenvalue weighted by molar-refractivity contribution is 5.85. The Morgan fingerprint density at radius 3 is 2.75 bits per heavy atom. The van der Waals surface area contributed by atoms with Crippen LogP contribution in [0.25, 0.3) is 11.3 Å². The number of nitrogens with zero attached hydrogens (tertiary/aromatic N) is 1. The summed E-state index contributed by atoms with van der Waals surface area (Å²) in [7, 11) is 0. The Balaban J connectivity index is 2.47. The summed E-state index contributed by atoms with van der Waals surface area (Å²) in [5.74, 6) is -1.47. The van der Waals surface area contributed by atoms with Gasteiger partial charge in [0.15, 0.2) is 0 Å². The lowest BCUT2D eigenvalue weighted by molar-refractivity contribution is 0.0663. The first kappa shape index (κ1) is 10.4. The second-order valence-corrected chi connectivity index (χ2v) is 3.30. The molecular weight excluding hydrogens is 213 g/mol. The molecule has 0 aliphatic carbocycles. The van der Waals surface area contributed by atoms with E-state index in [0.29, 0.717) is 16.9 Å². The van der Waals surface area contributed by atoms with Crippen molar-refractivity contribution in [3.63, 3.8) is 0 Å². The fourth-order valence-electron chi connectivity index (χ4n) is 1.38. The molecule has 0 aliphatic heterocycles. The first-order valence-electron chi connectivity index (χ1n) is 4.53. The van der Waals surface area contributed by atoms with E-state index < -0.39 is 11.9 Å². The molecule has 2 aromatic heterocycles. The molecule has 5 heteroatoms. The molecule has 2 heterocycles. The molecule has 2 aromatic rings. The van der Waals surface area contributed by atoms with Gasteiger partial charge in [-0.2, -0.15) is 4.39 Å². The van der Waals surface area contributed by atoms with Gasteiger partial charge in [0.1, 0.15) is 5.76 Å². The molecule has 0 fully saturated rings. The number of aryl methyl sites for hydroxylation is 1. The predicted octanol–water partition coefficient (Wildman–Crippen LogP) is 2.49. The largest absolute Gasteiger partial charge is 0.475 e. The highest BCUT2D eigenvalue weighted by Crippen LogP contribution is 2.26. The van der Waals surface area contributed by atoms with Crippen molar-refractivity contribution in [3.8, 4) is 11.3 Å². The van der Waals surface area contributed by atoms with Gasteiger partial charge >= 0.3 is 5.97 Å². The fraction of sp³-hybridized carbons (Fsp3) is 0.0909. The lowest BCUT2D eigenvalue weighted by atomic mass is 10.1. The molecule has 82 valence electrons.